The van der Waals surface area contributed by atoms with Crippen molar-refractivity contribution in [1.82, 2.24) is 4.90 Å². The van der Waals surface area contributed by atoms with Gasteiger partial charge < -0.3 is 4.90 Å². The molecule has 2 nitrogen and oxygen atoms in total. The van der Waals surface area contributed by atoms with E-state index in [0.29, 0.717) is 0 Å². The van der Waals surface area contributed by atoms with Crippen molar-refractivity contribution >= 4 is 5.91 Å². The molecule has 0 fully saturated rings. The van der Waals surface area contributed by atoms with Gasteiger partial charge in [0.1, 0.15) is 0 Å². The molecule has 1 aliphatic rings. The number of hydrogen-bond donors (Lipinski definition) is 0. The fraction of sp³-hybridized carbons (Fsp3) is 0.588. The summed E-state index contributed by atoms with van der Waals surface area (Å²) in [6.07, 6.45) is 0. The first-order valence-electron chi connectivity index (χ1n) is 7.06. The summed E-state index contributed by atoms with van der Waals surface area (Å²) in [4.78, 5) is 14.8. The van der Waals surface area contributed by atoms with Gasteiger partial charge in [-0.15, -0.1) is 0 Å². The molecule has 1 aromatic rings. The van der Waals surface area contributed by atoms with E-state index < -0.39 is 0 Å². The number of rotatable bonds is 1. The van der Waals surface area contributed by atoms with E-state index >= 15 is 0 Å². The van der Waals surface area contributed by atoms with Crippen LogP contribution in [0.5, 0.6) is 0 Å². The molecule has 1 heterocycles. The highest BCUT2D eigenvalue weighted by Gasteiger charge is 2.46. The molecule has 2 rings (SSSR count). The smallest absolute Gasteiger partial charge is 0.255 e. The number of carbonyl (C=O) groups excluding carboxylic acids is 1. The molecule has 0 saturated heterocycles. The Morgan fingerprint density at radius 1 is 0.895 bits per heavy atom. The van der Waals surface area contributed by atoms with Crippen LogP contribution in [0.3, 0.4) is 0 Å². The van der Waals surface area contributed by atoms with Gasteiger partial charge in [-0.05, 0) is 83.2 Å². The fourth-order valence-corrected chi connectivity index (χ4v) is 3.72. The first-order chi connectivity index (χ1) is 8.62. The van der Waals surface area contributed by atoms with Crippen molar-refractivity contribution in [3.8, 4) is 0 Å². The Hall–Kier alpha value is -1.31. The number of nitrogens with zero attached hydrogens (tertiary/aromatic N) is 1. The summed E-state index contributed by atoms with van der Waals surface area (Å²) >= 11 is 0. The maximum atomic E-state index is 12.8. The summed E-state index contributed by atoms with van der Waals surface area (Å²) in [7, 11) is 0. The fourth-order valence-electron chi connectivity index (χ4n) is 3.72. The molecule has 1 amide bonds. The van der Waals surface area contributed by atoms with Crippen molar-refractivity contribution in [2.45, 2.75) is 67.0 Å². The van der Waals surface area contributed by atoms with Gasteiger partial charge in [-0.25, -0.2) is 0 Å². The van der Waals surface area contributed by atoms with E-state index in [2.05, 4.69) is 55.4 Å². The van der Waals surface area contributed by atoms with Crippen LogP contribution in [-0.4, -0.2) is 16.8 Å². The zero-order valence-electron chi connectivity index (χ0n) is 13.4. The minimum atomic E-state index is -0.214. The van der Waals surface area contributed by atoms with Crippen LogP contribution < -0.4 is 0 Å². The molecule has 1 aromatic carbocycles. The third-order valence-corrected chi connectivity index (χ3v) is 4.85. The standard InChI is InChI=1S/C17H25NO/c1-9(2)18-16(19)14-12(5)10(3)11(4)13(6)15(14)17(18,7)8/h9H,1-8H3. The molecule has 0 radical (unpaired) electrons. The minimum Gasteiger partial charge on any atom is -0.327 e. The van der Waals surface area contributed by atoms with Crippen LogP contribution in [-0.2, 0) is 5.54 Å². The summed E-state index contributed by atoms with van der Waals surface area (Å²) in [6, 6.07) is 0.217. The molecule has 0 bridgehead atoms. The van der Waals surface area contributed by atoms with Crippen LogP contribution in [0, 0.1) is 27.7 Å². The Balaban J connectivity index is 2.86. The predicted molar refractivity (Wildman–Crippen MR) is 79.7 cm³/mol. The van der Waals surface area contributed by atoms with E-state index in [0.717, 1.165) is 11.1 Å². The number of hydrogen-bond acceptors (Lipinski definition) is 1. The van der Waals surface area contributed by atoms with E-state index in [9.17, 15) is 4.79 Å². The van der Waals surface area contributed by atoms with Gasteiger partial charge in [-0.2, -0.15) is 0 Å². The summed E-state index contributed by atoms with van der Waals surface area (Å²) < 4.78 is 0. The second-order valence-corrected chi connectivity index (χ2v) is 6.58. The second-order valence-electron chi connectivity index (χ2n) is 6.58. The van der Waals surface area contributed by atoms with E-state index in [-0.39, 0.29) is 17.5 Å². The molecule has 2 heteroatoms. The number of benzene rings is 1. The van der Waals surface area contributed by atoms with Crippen molar-refractivity contribution < 1.29 is 4.79 Å². The summed E-state index contributed by atoms with van der Waals surface area (Å²) in [5.74, 6) is 0.193. The average Bonchev–Trinajstić information content (AvgIpc) is 2.50. The van der Waals surface area contributed by atoms with Gasteiger partial charge in [0.2, 0.25) is 0 Å². The molecule has 1 aliphatic heterocycles. The van der Waals surface area contributed by atoms with E-state index in [1.807, 2.05) is 4.90 Å². The quantitative estimate of drug-likeness (QED) is 0.746. The Labute approximate surface area is 116 Å². The van der Waals surface area contributed by atoms with E-state index in [4.69, 9.17) is 0 Å². The lowest BCUT2D eigenvalue weighted by atomic mass is 9.83. The van der Waals surface area contributed by atoms with Crippen LogP contribution in [0.2, 0.25) is 0 Å². The summed E-state index contributed by atoms with van der Waals surface area (Å²) in [5, 5.41) is 0. The maximum Gasteiger partial charge on any atom is 0.255 e. The third kappa shape index (κ3) is 1.65. The van der Waals surface area contributed by atoms with E-state index in [1.54, 1.807) is 0 Å². The monoisotopic (exact) mass is 259 g/mol. The van der Waals surface area contributed by atoms with Gasteiger partial charge in [-0.1, -0.05) is 0 Å². The largest absolute Gasteiger partial charge is 0.327 e. The van der Waals surface area contributed by atoms with Crippen LogP contribution in [0.15, 0.2) is 0 Å². The average molecular weight is 259 g/mol. The minimum absolute atomic E-state index is 0.193. The lowest BCUT2D eigenvalue weighted by Gasteiger charge is -2.36. The molecule has 0 atom stereocenters. The molecule has 104 valence electrons. The number of carbonyl (C=O) groups is 1. The van der Waals surface area contributed by atoms with Crippen molar-refractivity contribution in [3.05, 3.63) is 33.4 Å². The van der Waals surface area contributed by atoms with Gasteiger partial charge in [0.05, 0.1) is 5.54 Å². The van der Waals surface area contributed by atoms with Crippen LogP contribution >= 0.6 is 0 Å². The zero-order valence-corrected chi connectivity index (χ0v) is 13.4. The van der Waals surface area contributed by atoms with Gasteiger partial charge in [0.15, 0.2) is 0 Å². The summed E-state index contributed by atoms with van der Waals surface area (Å²) in [6.45, 7) is 17.0. The molecule has 0 unspecified atom stereocenters. The molecular weight excluding hydrogens is 234 g/mol. The van der Waals surface area contributed by atoms with Crippen molar-refractivity contribution in [1.29, 1.82) is 0 Å². The van der Waals surface area contributed by atoms with Crippen molar-refractivity contribution in [2.75, 3.05) is 0 Å². The van der Waals surface area contributed by atoms with Crippen LogP contribution in [0.4, 0.5) is 0 Å². The molecule has 0 aliphatic carbocycles. The SMILES string of the molecule is Cc1c(C)c(C)c2c(c1C)C(=O)N(C(C)C)C2(C)C. The Morgan fingerprint density at radius 2 is 1.37 bits per heavy atom. The highest BCUT2D eigenvalue weighted by molar-refractivity contribution is 6.02. The molecule has 0 spiro atoms. The lowest BCUT2D eigenvalue weighted by Crippen LogP contribution is -2.44. The molecule has 0 N–H and O–H groups in total. The first-order valence-corrected chi connectivity index (χ1v) is 7.06. The predicted octanol–water partition coefficient (Wildman–Crippen LogP) is 4.02. The molecular formula is C17H25NO. The number of amides is 1. The highest BCUT2D eigenvalue weighted by atomic mass is 16.2. The second kappa shape index (κ2) is 4.09. The zero-order chi connectivity index (χ0) is 14.7. The molecule has 19 heavy (non-hydrogen) atoms. The first kappa shape index (κ1) is 14.1. The maximum absolute atomic E-state index is 12.8. The van der Waals surface area contributed by atoms with E-state index in [1.165, 1.54) is 22.3 Å². The van der Waals surface area contributed by atoms with Gasteiger partial charge in [0.25, 0.3) is 5.91 Å². The Kier molecular flexibility index (Phi) is 3.04. The Bertz CT molecular complexity index is 567. The van der Waals surface area contributed by atoms with Gasteiger partial charge in [-0.3, -0.25) is 4.79 Å². The van der Waals surface area contributed by atoms with Crippen molar-refractivity contribution in [3.63, 3.8) is 0 Å². The third-order valence-electron chi connectivity index (χ3n) is 4.85. The van der Waals surface area contributed by atoms with Crippen LogP contribution in [0.1, 0.15) is 65.9 Å². The van der Waals surface area contributed by atoms with Crippen LogP contribution in [0.25, 0.3) is 0 Å². The number of fused-ring (bicyclic) bond motifs is 1. The van der Waals surface area contributed by atoms with Gasteiger partial charge in [0, 0.05) is 11.6 Å². The topological polar surface area (TPSA) is 20.3 Å². The van der Waals surface area contributed by atoms with Gasteiger partial charge >= 0.3 is 0 Å². The van der Waals surface area contributed by atoms with Crippen molar-refractivity contribution in [2.24, 2.45) is 0 Å². The molecule has 0 saturated carbocycles. The highest BCUT2D eigenvalue weighted by Crippen LogP contribution is 2.44. The lowest BCUT2D eigenvalue weighted by molar-refractivity contribution is 0.0524. The summed E-state index contributed by atoms with van der Waals surface area (Å²) in [5.41, 5.74) is 6.97. The normalized spacial score (nSPS) is 17.3. The molecule has 0 aromatic heterocycles. The Morgan fingerprint density at radius 3 is 1.84 bits per heavy atom.